The van der Waals surface area contributed by atoms with Crippen LogP contribution in [0.3, 0.4) is 0 Å². The van der Waals surface area contributed by atoms with Crippen LogP contribution in [0.25, 0.3) is 0 Å². The second-order valence-corrected chi connectivity index (χ2v) is 10.9. The highest BCUT2D eigenvalue weighted by Gasteiger charge is 2.54. The quantitative estimate of drug-likeness (QED) is 0.201. The Labute approximate surface area is 194 Å². The number of aromatic nitrogens is 2. The first kappa shape index (κ1) is 22.2. The number of fused-ring (bicyclic) bond motifs is 1. The lowest BCUT2D eigenvalue weighted by molar-refractivity contribution is -0.155. The van der Waals surface area contributed by atoms with E-state index in [2.05, 4.69) is 20.4 Å². The standard InChI is InChI=1S/C18H18N6O5S3/c1-6-5-20-18(30-6)32-9-4-3-8-11(15(26)24(8)13(9)16(27)28)21-14(25)12(23-29)10-7(2)31-17(19)22-10/h5,8,11,29H,3-4H2,1-2H3,(H2,19,22)(H,21,25)(H,27,28)/b23-12-. The molecule has 0 bridgehead atoms. The van der Waals surface area contributed by atoms with E-state index < -0.39 is 29.9 Å². The first-order valence-corrected chi connectivity index (χ1v) is 11.8. The van der Waals surface area contributed by atoms with Gasteiger partial charge in [-0.1, -0.05) is 16.9 Å². The van der Waals surface area contributed by atoms with Crippen LogP contribution in [0, 0.1) is 13.8 Å². The SMILES string of the molecule is Cc1cnc(SC2=C(C(=O)O)N3C(=O)C(NC(=O)/C(=N\O)c4nc(N)sc4C)C3CC2)s1. The summed E-state index contributed by atoms with van der Waals surface area (Å²) in [7, 11) is 0. The third kappa shape index (κ3) is 3.84. The average molecular weight is 495 g/mol. The molecule has 2 amide bonds. The Morgan fingerprint density at radius 3 is 2.69 bits per heavy atom. The minimum Gasteiger partial charge on any atom is -0.477 e. The maximum Gasteiger partial charge on any atom is 0.353 e. The number of nitrogens with two attached hydrogens (primary N) is 1. The van der Waals surface area contributed by atoms with Crippen LogP contribution in [0.1, 0.15) is 28.3 Å². The van der Waals surface area contributed by atoms with Crippen LogP contribution >= 0.6 is 34.4 Å². The number of thioether (sulfide) groups is 1. The van der Waals surface area contributed by atoms with Crippen LogP contribution in [0.15, 0.2) is 26.3 Å². The van der Waals surface area contributed by atoms with Crippen molar-refractivity contribution in [2.45, 2.75) is 43.1 Å². The van der Waals surface area contributed by atoms with Crippen molar-refractivity contribution in [1.29, 1.82) is 0 Å². The highest BCUT2D eigenvalue weighted by atomic mass is 32.2. The van der Waals surface area contributed by atoms with Crippen molar-refractivity contribution in [1.82, 2.24) is 20.2 Å². The number of thiazole rings is 2. The molecule has 2 aliphatic rings. The van der Waals surface area contributed by atoms with Crippen LogP contribution in [-0.4, -0.2) is 60.8 Å². The van der Waals surface area contributed by atoms with Crippen LogP contribution in [0.4, 0.5) is 5.13 Å². The molecule has 32 heavy (non-hydrogen) atoms. The minimum atomic E-state index is -1.21. The van der Waals surface area contributed by atoms with Gasteiger partial charge in [0.2, 0.25) is 0 Å². The number of carbonyl (C=O) groups is 3. The molecule has 2 atom stereocenters. The Bertz CT molecular complexity index is 1190. The molecule has 4 heterocycles. The van der Waals surface area contributed by atoms with Crippen LogP contribution in [-0.2, 0) is 14.4 Å². The number of nitrogen functional groups attached to an aromatic ring is 1. The van der Waals surface area contributed by atoms with Gasteiger partial charge in [-0.05, 0) is 26.7 Å². The molecule has 2 unspecified atom stereocenters. The fourth-order valence-corrected chi connectivity index (χ4v) is 6.52. The van der Waals surface area contributed by atoms with E-state index in [9.17, 15) is 24.7 Å². The highest BCUT2D eigenvalue weighted by Crippen LogP contribution is 2.43. The van der Waals surface area contributed by atoms with Gasteiger partial charge in [0.05, 0.1) is 6.04 Å². The number of rotatable bonds is 6. The fourth-order valence-electron chi connectivity index (χ4n) is 3.66. The third-order valence-corrected chi connectivity index (χ3v) is 7.98. The number of β-lactam (4-membered cyclic amide) rings is 1. The summed E-state index contributed by atoms with van der Waals surface area (Å²) in [5.74, 6) is -2.55. The van der Waals surface area contributed by atoms with Crippen LogP contribution < -0.4 is 11.1 Å². The molecule has 168 valence electrons. The fraction of sp³-hybridized carbons (Fsp3) is 0.333. The van der Waals surface area contributed by atoms with Gasteiger partial charge in [-0.2, -0.15) is 0 Å². The number of carboxylic acid groups (broad SMARTS) is 1. The van der Waals surface area contributed by atoms with Gasteiger partial charge in [-0.25, -0.2) is 14.8 Å². The predicted molar refractivity (Wildman–Crippen MR) is 119 cm³/mol. The second kappa shape index (κ2) is 8.52. The normalized spacial score (nSPS) is 20.8. The zero-order valence-corrected chi connectivity index (χ0v) is 19.3. The van der Waals surface area contributed by atoms with E-state index in [4.69, 9.17) is 5.73 Å². The number of anilines is 1. The molecule has 0 spiro atoms. The molecule has 2 aromatic rings. The highest BCUT2D eigenvalue weighted by molar-refractivity contribution is 8.04. The molecule has 0 radical (unpaired) electrons. The molecular formula is C18H18N6O5S3. The maximum absolute atomic E-state index is 12.8. The van der Waals surface area contributed by atoms with Crippen molar-refractivity contribution in [2.75, 3.05) is 5.73 Å². The molecular weight excluding hydrogens is 476 g/mol. The summed E-state index contributed by atoms with van der Waals surface area (Å²) in [4.78, 5) is 49.1. The van der Waals surface area contributed by atoms with Crippen molar-refractivity contribution in [3.8, 4) is 0 Å². The predicted octanol–water partition coefficient (Wildman–Crippen LogP) is 1.55. The minimum absolute atomic E-state index is 0.0891. The topological polar surface area (TPSA) is 171 Å². The number of hydrogen-bond acceptors (Lipinski definition) is 11. The lowest BCUT2D eigenvalue weighted by Gasteiger charge is -2.49. The number of nitrogens with one attached hydrogen (secondary N) is 1. The summed E-state index contributed by atoms with van der Waals surface area (Å²) >= 11 is 3.82. The first-order chi connectivity index (χ1) is 15.2. The molecule has 0 saturated carbocycles. The van der Waals surface area contributed by atoms with Gasteiger partial charge in [0.1, 0.15) is 17.4 Å². The molecule has 1 fully saturated rings. The summed E-state index contributed by atoms with van der Waals surface area (Å²) in [6.45, 7) is 3.58. The molecule has 4 rings (SSSR count). The molecule has 11 nitrogen and oxygen atoms in total. The average Bonchev–Trinajstić information content (AvgIpc) is 3.30. The van der Waals surface area contributed by atoms with E-state index in [0.717, 1.165) is 16.2 Å². The number of oxime groups is 1. The number of allylic oxidation sites excluding steroid dienone is 1. The van der Waals surface area contributed by atoms with Crippen LogP contribution in [0.5, 0.6) is 0 Å². The van der Waals surface area contributed by atoms with Crippen molar-refractivity contribution in [2.24, 2.45) is 5.16 Å². The van der Waals surface area contributed by atoms with Gasteiger partial charge < -0.3 is 21.4 Å². The molecule has 2 aliphatic heterocycles. The van der Waals surface area contributed by atoms with Gasteiger partial charge in [0.15, 0.2) is 15.2 Å². The monoisotopic (exact) mass is 494 g/mol. The lowest BCUT2D eigenvalue weighted by Crippen LogP contribution is -2.72. The number of aryl methyl sites for hydroxylation is 2. The number of amides is 2. The molecule has 0 aliphatic carbocycles. The Balaban J connectivity index is 1.53. The number of carboxylic acids is 1. The Morgan fingerprint density at radius 2 is 2.12 bits per heavy atom. The second-order valence-electron chi connectivity index (χ2n) is 7.09. The van der Waals surface area contributed by atoms with E-state index >= 15 is 0 Å². The number of carbonyl (C=O) groups excluding carboxylic acids is 2. The van der Waals surface area contributed by atoms with Gasteiger partial charge in [0.25, 0.3) is 11.8 Å². The third-order valence-electron chi connectivity index (χ3n) is 5.04. The van der Waals surface area contributed by atoms with Crippen molar-refractivity contribution in [3.05, 3.63) is 32.2 Å². The summed E-state index contributed by atoms with van der Waals surface area (Å²) < 4.78 is 0.703. The number of hydrogen-bond donors (Lipinski definition) is 4. The van der Waals surface area contributed by atoms with Crippen molar-refractivity contribution >= 4 is 63.1 Å². The van der Waals surface area contributed by atoms with E-state index in [-0.39, 0.29) is 22.2 Å². The first-order valence-electron chi connectivity index (χ1n) is 9.37. The molecule has 2 aromatic heterocycles. The van der Waals surface area contributed by atoms with Gasteiger partial charge >= 0.3 is 5.97 Å². The number of aliphatic carboxylic acids is 1. The maximum atomic E-state index is 12.8. The molecule has 1 saturated heterocycles. The van der Waals surface area contributed by atoms with E-state index in [1.54, 1.807) is 13.1 Å². The van der Waals surface area contributed by atoms with Crippen molar-refractivity contribution < 1.29 is 24.7 Å². The lowest BCUT2D eigenvalue weighted by atomic mass is 9.86. The number of nitrogens with zero attached hydrogens (tertiary/aromatic N) is 4. The van der Waals surface area contributed by atoms with Gasteiger partial charge in [-0.15, -0.1) is 22.7 Å². The van der Waals surface area contributed by atoms with E-state index in [0.29, 0.717) is 27.0 Å². The van der Waals surface area contributed by atoms with E-state index in [1.165, 1.54) is 28.0 Å². The molecule has 14 heteroatoms. The van der Waals surface area contributed by atoms with Gasteiger partial charge in [0, 0.05) is 20.9 Å². The largest absolute Gasteiger partial charge is 0.477 e. The summed E-state index contributed by atoms with van der Waals surface area (Å²) in [6.07, 6.45) is 2.60. The van der Waals surface area contributed by atoms with E-state index in [1.807, 2.05) is 6.92 Å². The summed E-state index contributed by atoms with van der Waals surface area (Å²) in [6, 6.07) is -1.44. The van der Waals surface area contributed by atoms with Crippen molar-refractivity contribution in [3.63, 3.8) is 0 Å². The zero-order chi connectivity index (χ0) is 23.2. The Morgan fingerprint density at radius 1 is 1.38 bits per heavy atom. The Kier molecular flexibility index (Phi) is 5.92. The summed E-state index contributed by atoms with van der Waals surface area (Å²) in [5.41, 5.74) is 5.32. The molecule has 0 aromatic carbocycles. The van der Waals surface area contributed by atoms with Gasteiger partial charge in [-0.3, -0.25) is 14.5 Å². The van der Waals surface area contributed by atoms with Crippen LogP contribution in [0.2, 0.25) is 0 Å². The smallest absolute Gasteiger partial charge is 0.353 e. The molecule has 5 N–H and O–H groups in total. The Hall–Kier alpha value is -2.97. The summed E-state index contributed by atoms with van der Waals surface area (Å²) in [5, 5.41) is 24.9. The zero-order valence-electron chi connectivity index (χ0n) is 16.9.